The third-order valence-electron chi connectivity index (χ3n) is 5.85. The molecule has 4 heterocycles. The zero-order valence-electron chi connectivity index (χ0n) is 17.4. The maximum Gasteiger partial charge on any atom is 0.254 e. The van der Waals surface area contributed by atoms with E-state index in [9.17, 15) is 14.4 Å². The van der Waals surface area contributed by atoms with Crippen LogP contribution in [0.4, 0.5) is 23.4 Å². The van der Waals surface area contributed by atoms with Crippen molar-refractivity contribution in [1.29, 1.82) is 0 Å². The highest BCUT2D eigenvalue weighted by Crippen LogP contribution is 2.37. The molecule has 1 spiro atoms. The summed E-state index contributed by atoms with van der Waals surface area (Å²) >= 11 is 0. The molecule has 5 rings (SSSR count). The number of nitrogens with one attached hydrogen (secondary N) is 3. The third-order valence-corrected chi connectivity index (χ3v) is 5.85. The fourth-order valence-corrected chi connectivity index (χ4v) is 3.80. The molecule has 12 nitrogen and oxygen atoms in total. The Balaban J connectivity index is 1.35. The van der Waals surface area contributed by atoms with Crippen molar-refractivity contribution >= 4 is 41.0 Å². The molecule has 3 N–H and O–H groups in total. The van der Waals surface area contributed by atoms with Gasteiger partial charge in [0.05, 0.1) is 23.3 Å². The monoisotopic (exact) mass is 438 g/mol. The van der Waals surface area contributed by atoms with E-state index in [0.29, 0.717) is 37.1 Å². The summed E-state index contributed by atoms with van der Waals surface area (Å²) in [5.41, 5.74) is 0.198. The van der Waals surface area contributed by atoms with E-state index in [1.807, 2.05) is 4.90 Å². The summed E-state index contributed by atoms with van der Waals surface area (Å²) in [6.45, 7) is 1.55. The molecule has 3 fully saturated rings. The van der Waals surface area contributed by atoms with E-state index in [0.717, 1.165) is 12.8 Å². The van der Waals surface area contributed by atoms with Gasteiger partial charge in [0.2, 0.25) is 17.8 Å². The van der Waals surface area contributed by atoms with Gasteiger partial charge in [-0.15, -0.1) is 0 Å². The van der Waals surface area contributed by atoms with Crippen molar-refractivity contribution in [2.75, 3.05) is 48.9 Å². The number of ketones is 1. The Labute approximate surface area is 183 Å². The van der Waals surface area contributed by atoms with Crippen molar-refractivity contribution in [2.45, 2.75) is 12.8 Å². The molecule has 0 atom stereocenters. The van der Waals surface area contributed by atoms with Crippen LogP contribution in [0.1, 0.15) is 23.2 Å². The molecule has 0 radical (unpaired) electrons. The molecule has 2 saturated heterocycles. The van der Waals surface area contributed by atoms with Gasteiger partial charge in [-0.1, -0.05) is 0 Å². The van der Waals surface area contributed by atoms with E-state index in [1.54, 1.807) is 6.07 Å². The Kier molecular flexibility index (Phi) is 4.93. The first kappa shape index (κ1) is 20.2. The van der Waals surface area contributed by atoms with Gasteiger partial charge in [0.1, 0.15) is 18.8 Å². The molecule has 0 unspecified atom stereocenters. The number of pyridine rings is 1. The van der Waals surface area contributed by atoms with Gasteiger partial charge < -0.3 is 25.6 Å². The minimum Gasteiger partial charge on any atom is -0.372 e. The van der Waals surface area contributed by atoms with Crippen molar-refractivity contribution in [2.24, 2.45) is 11.3 Å². The molecule has 2 aromatic heterocycles. The van der Waals surface area contributed by atoms with Crippen molar-refractivity contribution in [3.63, 3.8) is 0 Å². The maximum atomic E-state index is 12.3. The number of anilines is 4. The van der Waals surface area contributed by atoms with Crippen molar-refractivity contribution in [3.05, 3.63) is 24.2 Å². The number of Topliss-reactive ketones (excluding diaryl/α,β-unsaturated/α-hetero) is 1. The van der Waals surface area contributed by atoms with Gasteiger partial charge in [-0.3, -0.25) is 14.4 Å². The minimum atomic E-state index is -0.466. The quantitative estimate of drug-likeness (QED) is 0.567. The van der Waals surface area contributed by atoms with E-state index in [-0.39, 0.29) is 41.6 Å². The standard InChI is InChI=1S/C20H22N8O4/c1-21-17(31)12-5-22-15(26-16(30)11-2-3-11)4-13(12)25-18-23-10-24-19(27-18)28-7-20(8-28)9-32-6-14(20)29/h4-5,10-11H,2-3,6-9H2,1H3,(H,21,31)(H2,22,23,24,25,26,27,30). The van der Waals surface area contributed by atoms with E-state index in [4.69, 9.17) is 4.74 Å². The molecule has 1 saturated carbocycles. The predicted octanol–water partition coefficient (Wildman–Crippen LogP) is 0.124. The van der Waals surface area contributed by atoms with Crippen LogP contribution in [0.5, 0.6) is 0 Å². The largest absolute Gasteiger partial charge is 0.372 e. The van der Waals surface area contributed by atoms with E-state index in [2.05, 4.69) is 35.9 Å². The number of amides is 2. The van der Waals surface area contributed by atoms with Gasteiger partial charge in [0.15, 0.2) is 5.78 Å². The second kappa shape index (κ2) is 7.79. The van der Waals surface area contributed by atoms with Crippen LogP contribution in [0, 0.1) is 11.3 Å². The lowest BCUT2D eigenvalue weighted by molar-refractivity contribution is -0.125. The summed E-state index contributed by atoms with van der Waals surface area (Å²) in [4.78, 5) is 55.3. The Morgan fingerprint density at radius 1 is 1.22 bits per heavy atom. The number of carbonyl (C=O) groups excluding carboxylic acids is 3. The molecule has 0 aromatic carbocycles. The first-order chi connectivity index (χ1) is 15.5. The summed E-state index contributed by atoms with van der Waals surface area (Å²) < 4.78 is 5.29. The first-order valence-electron chi connectivity index (χ1n) is 10.3. The maximum absolute atomic E-state index is 12.3. The number of nitrogens with zero attached hydrogens (tertiary/aromatic N) is 5. The molecule has 166 valence electrons. The van der Waals surface area contributed by atoms with Gasteiger partial charge in [-0.05, 0) is 12.8 Å². The first-order valence-corrected chi connectivity index (χ1v) is 10.3. The van der Waals surface area contributed by atoms with E-state index < -0.39 is 5.41 Å². The van der Waals surface area contributed by atoms with Crippen LogP contribution in [-0.4, -0.2) is 70.9 Å². The zero-order valence-corrected chi connectivity index (χ0v) is 17.4. The predicted molar refractivity (Wildman–Crippen MR) is 113 cm³/mol. The highest BCUT2D eigenvalue weighted by Gasteiger charge is 2.53. The molecule has 3 aliphatic rings. The Morgan fingerprint density at radius 3 is 2.72 bits per heavy atom. The average Bonchev–Trinajstić information content (AvgIpc) is 3.54. The summed E-state index contributed by atoms with van der Waals surface area (Å²) in [7, 11) is 1.52. The lowest BCUT2D eigenvalue weighted by atomic mass is 9.78. The number of hydrogen-bond acceptors (Lipinski definition) is 10. The molecule has 32 heavy (non-hydrogen) atoms. The molecule has 1 aliphatic carbocycles. The summed E-state index contributed by atoms with van der Waals surface area (Å²) in [5, 5.41) is 8.36. The van der Waals surface area contributed by atoms with Crippen LogP contribution in [0.25, 0.3) is 0 Å². The SMILES string of the molecule is CNC(=O)c1cnc(NC(=O)C2CC2)cc1Nc1ncnc(N2CC3(COCC3=O)C2)n1. The van der Waals surface area contributed by atoms with E-state index in [1.165, 1.54) is 19.6 Å². The van der Waals surface area contributed by atoms with E-state index >= 15 is 0 Å². The molecule has 2 amide bonds. The third kappa shape index (κ3) is 3.73. The normalized spacial score (nSPS) is 18.9. The second-order valence-corrected chi connectivity index (χ2v) is 8.24. The summed E-state index contributed by atoms with van der Waals surface area (Å²) in [6.07, 6.45) is 4.49. The van der Waals surface area contributed by atoms with Crippen LogP contribution in [0.15, 0.2) is 18.6 Å². The van der Waals surface area contributed by atoms with Gasteiger partial charge in [-0.2, -0.15) is 4.98 Å². The van der Waals surface area contributed by atoms with Crippen molar-refractivity contribution in [1.82, 2.24) is 25.3 Å². The number of carbonyl (C=O) groups is 3. The Morgan fingerprint density at radius 2 is 2.03 bits per heavy atom. The molecular weight excluding hydrogens is 416 g/mol. The van der Waals surface area contributed by atoms with Gasteiger partial charge in [0.25, 0.3) is 5.91 Å². The highest BCUT2D eigenvalue weighted by molar-refractivity contribution is 6.01. The van der Waals surface area contributed by atoms with Gasteiger partial charge in [0, 0.05) is 38.3 Å². The summed E-state index contributed by atoms with van der Waals surface area (Å²) in [6, 6.07) is 1.57. The molecular formula is C20H22N8O4. The highest BCUT2D eigenvalue weighted by atomic mass is 16.5. The fraction of sp³-hybridized carbons (Fsp3) is 0.450. The lowest BCUT2D eigenvalue weighted by Crippen LogP contribution is -2.61. The molecule has 12 heteroatoms. The number of aromatic nitrogens is 4. The number of ether oxygens (including phenoxy) is 1. The zero-order chi connectivity index (χ0) is 22.3. The van der Waals surface area contributed by atoms with Crippen LogP contribution in [0.3, 0.4) is 0 Å². The van der Waals surface area contributed by atoms with Crippen molar-refractivity contribution < 1.29 is 19.1 Å². The van der Waals surface area contributed by atoms with Gasteiger partial charge >= 0.3 is 0 Å². The summed E-state index contributed by atoms with van der Waals surface area (Å²) in [5.74, 6) is 0.667. The second-order valence-electron chi connectivity index (χ2n) is 8.24. The smallest absolute Gasteiger partial charge is 0.254 e. The lowest BCUT2D eigenvalue weighted by Gasteiger charge is -2.45. The Hall–Kier alpha value is -3.67. The molecule has 2 aromatic rings. The number of rotatable bonds is 6. The van der Waals surface area contributed by atoms with Gasteiger partial charge in [-0.25, -0.2) is 15.0 Å². The minimum absolute atomic E-state index is 0.0230. The average molecular weight is 438 g/mol. The van der Waals surface area contributed by atoms with Crippen molar-refractivity contribution in [3.8, 4) is 0 Å². The van der Waals surface area contributed by atoms with Crippen LogP contribution >= 0.6 is 0 Å². The van der Waals surface area contributed by atoms with Crippen LogP contribution in [0.2, 0.25) is 0 Å². The Bertz CT molecular complexity index is 1100. The molecule has 2 aliphatic heterocycles. The van der Waals surface area contributed by atoms with Crippen LogP contribution < -0.4 is 20.9 Å². The fourth-order valence-electron chi connectivity index (χ4n) is 3.80. The molecule has 0 bridgehead atoms. The van der Waals surface area contributed by atoms with Crippen LogP contribution in [-0.2, 0) is 14.3 Å². The topological polar surface area (TPSA) is 151 Å². The number of hydrogen-bond donors (Lipinski definition) is 3.